The Morgan fingerprint density at radius 3 is 1.85 bits per heavy atom. The van der Waals surface area contributed by atoms with Crippen LogP contribution >= 0.6 is 0 Å². The van der Waals surface area contributed by atoms with Crippen LogP contribution in [0.15, 0.2) is 0 Å². The maximum absolute atomic E-state index is 10.1. The number of nitrogens with one attached hydrogen (secondary N) is 1. The summed E-state index contributed by atoms with van der Waals surface area (Å²) in [6.45, 7) is 3.51. The standard InChI is InChI=1S/C4H9NO.C3H8O3S/c1-3-4(6)5-2;1-2-3-7(4,5)6/h3H2,1-2H3,(H,5,6);2-3H2,1H3,(H,4,5,6). The molecule has 0 heterocycles. The van der Waals surface area contributed by atoms with Gasteiger partial charge in [-0.1, -0.05) is 13.8 Å². The Kier molecular flexibility index (Phi) is 9.16. The average molecular weight is 211 g/mol. The van der Waals surface area contributed by atoms with Crippen LogP contribution in [-0.2, 0) is 14.9 Å². The molecule has 2 N–H and O–H groups in total. The summed E-state index contributed by atoms with van der Waals surface area (Å²) < 4.78 is 27.6. The van der Waals surface area contributed by atoms with E-state index < -0.39 is 10.1 Å². The topological polar surface area (TPSA) is 83.5 Å². The van der Waals surface area contributed by atoms with Crippen LogP contribution in [0, 0.1) is 0 Å². The third-order valence-corrected chi connectivity index (χ3v) is 1.99. The summed E-state index contributed by atoms with van der Waals surface area (Å²) >= 11 is 0. The highest BCUT2D eigenvalue weighted by Crippen LogP contribution is 1.83. The van der Waals surface area contributed by atoms with E-state index in [0.29, 0.717) is 12.8 Å². The normalized spacial score (nSPS) is 9.85. The van der Waals surface area contributed by atoms with Gasteiger partial charge in [-0.05, 0) is 6.42 Å². The summed E-state index contributed by atoms with van der Waals surface area (Å²) in [5, 5.41) is 2.48. The van der Waals surface area contributed by atoms with E-state index in [1.54, 1.807) is 14.0 Å². The zero-order valence-corrected chi connectivity index (χ0v) is 9.02. The van der Waals surface area contributed by atoms with Gasteiger partial charge in [0.25, 0.3) is 10.1 Å². The van der Waals surface area contributed by atoms with Crippen LogP contribution in [0.4, 0.5) is 0 Å². The molecule has 0 rings (SSSR count). The lowest BCUT2D eigenvalue weighted by molar-refractivity contribution is -0.120. The summed E-state index contributed by atoms with van der Waals surface area (Å²) in [6.07, 6.45) is 1.05. The molecule has 0 fully saturated rings. The zero-order valence-electron chi connectivity index (χ0n) is 8.20. The van der Waals surface area contributed by atoms with Gasteiger partial charge in [-0.15, -0.1) is 0 Å². The molecule has 0 unspecified atom stereocenters. The van der Waals surface area contributed by atoms with Crippen molar-refractivity contribution in [1.29, 1.82) is 0 Å². The van der Waals surface area contributed by atoms with Gasteiger partial charge >= 0.3 is 0 Å². The molecule has 0 aliphatic heterocycles. The highest BCUT2D eigenvalue weighted by Gasteiger charge is 1.98. The zero-order chi connectivity index (χ0) is 10.9. The molecule has 6 heteroatoms. The first-order valence-corrected chi connectivity index (χ1v) is 5.64. The smallest absolute Gasteiger partial charge is 0.264 e. The molecule has 0 bridgehead atoms. The van der Waals surface area contributed by atoms with E-state index in [4.69, 9.17) is 4.55 Å². The summed E-state index contributed by atoms with van der Waals surface area (Å²) in [5.74, 6) is -0.0394. The van der Waals surface area contributed by atoms with Crippen molar-refractivity contribution in [3.63, 3.8) is 0 Å². The summed E-state index contributed by atoms with van der Waals surface area (Å²) in [4.78, 5) is 10.1. The molecule has 0 aromatic rings. The number of hydrogen-bond donors (Lipinski definition) is 2. The van der Waals surface area contributed by atoms with Gasteiger partial charge in [0.15, 0.2) is 0 Å². The second kappa shape index (κ2) is 8.00. The molecule has 5 nitrogen and oxygen atoms in total. The second-order valence-corrected chi connectivity index (χ2v) is 3.88. The first-order valence-electron chi connectivity index (χ1n) is 4.03. The molecule has 13 heavy (non-hydrogen) atoms. The van der Waals surface area contributed by atoms with E-state index in [0.717, 1.165) is 0 Å². The fourth-order valence-corrected chi connectivity index (χ4v) is 0.951. The first kappa shape index (κ1) is 14.9. The minimum absolute atomic E-state index is 0.0926. The van der Waals surface area contributed by atoms with Crippen LogP contribution in [0.1, 0.15) is 26.7 Å². The number of carbonyl (C=O) groups is 1. The van der Waals surface area contributed by atoms with E-state index in [1.807, 2.05) is 6.92 Å². The van der Waals surface area contributed by atoms with Gasteiger partial charge in [0.2, 0.25) is 5.91 Å². The predicted octanol–water partition coefficient (Wildman–Crippen LogP) is 0.427. The molecule has 0 aromatic heterocycles. The quantitative estimate of drug-likeness (QED) is 0.663. The minimum atomic E-state index is -3.67. The maximum Gasteiger partial charge on any atom is 0.264 e. The van der Waals surface area contributed by atoms with Crippen molar-refractivity contribution < 1.29 is 17.8 Å². The van der Waals surface area contributed by atoms with Crippen molar-refractivity contribution in [2.75, 3.05) is 12.8 Å². The molecule has 0 aromatic carbocycles. The number of rotatable bonds is 3. The van der Waals surface area contributed by atoms with Crippen molar-refractivity contribution in [3.05, 3.63) is 0 Å². The van der Waals surface area contributed by atoms with Crippen molar-refractivity contribution in [1.82, 2.24) is 5.32 Å². The molecule has 0 saturated carbocycles. The Morgan fingerprint density at radius 2 is 1.85 bits per heavy atom. The summed E-state index contributed by atoms with van der Waals surface area (Å²) in [5.41, 5.74) is 0. The van der Waals surface area contributed by atoms with Crippen LogP contribution in [0.3, 0.4) is 0 Å². The monoisotopic (exact) mass is 211 g/mol. The molecule has 0 saturated heterocycles. The Morgan fingerprint density at radius 1 is 1.38 bits per heavy atom. The van der Waals surface area contributed by atoms with Gasteiger partial charge in [-0.25, -0.2) is 0 Å². The van der Waals surface area contributed by atoms with E-state index in [2.05, 4.69) is 5.32 Å². The fraction of sp³-hybridized carbons (Fsp3) is 0.857. The second-order valence-electron chi connectivity index (χ2n) is 2.31. The summed E-state index contributed by atoms with van der Waals surface area (Å²) in [6, 6.07) is 0. The largest absolute Gasteiger partial charge is 0.359 e. The van der Waals surface area contributed by atoms with E-state index in [1.165, 1.54) is 0 Å². The van der Waals surface area contributed by atoms with Crippen molar-refractivity contribution >= 4 is 16.0 Å². The van der Waals surface area contributed by atoms with E-state index in [-0.39, 0.29) is 11.7 Å². The van der Waals surface area contributed by atoms with Crippen molar-refractivity contribution in [3.8, 4) is 0 Å². The lowest BCUT2D eigenvalue weighted by atomic mass is 10.5. The van der Waals surface area contributed by atoms with Gasteiger partial charge in [-0.2, -0.15) is 8.42 Å². The van der Waals surface area contributed by atoms with Crippen LogP contribution in [0.5, 0.6) is 0 Å². The molecule has 0 radical (unpaired) electrons. The molecule has 0 atom stereocenters. The minimum Gasteiger partial charge on any atom is -0.359 e. The lowest BCUT2D eigenvalue weighted by Gasteiger charge is -1.87. The number of carbonyl (C=O) groups excluding carboxylic acids is 1. The molecular formula is C7H17NO4S. The fourth-order valence-electron chi connectivity index (χ4n) is 0.435. The molecule has 0 spiro atoms. The molecular weight excluding hydrogens is 194 g/mol. The maximum atomic E-state index is 10.1. The van der Waals surface area contributed by atoms with Crippen LogP contribution in [0.2, 0.25) is 0 Å². The third-order valence-electron chi connectivity index (χ3n) is 1.06. The number of hydrogen-bond acceptors (Lipinski definition) is 3. The summed E-state index contributed by atoms with van der Waals surface area (Å²) in [7, 11) is -2.04. The molecule has 0 aliphatic rings. The highest BCUT2D eigenvalue weighted by molar-refractivity contribution is 7.85. The van der Waals surface area contributed by atoms with Gasteiger partial charge in [-0.3, -0.25) is 9.35 Å². The number of amides is 1. The van der Waals surface area contributed by atoms with Gasteiger partial charge in [0.1, 0.15) is 0 Å². The van der Waals surface area contributed by atoms with Gasteiger partial charge in [0, 0.05) is 13.5 Å². The van der Waals surface area contributed by atoms with Crippen molar-refractivity contribution in [2.24, 2.45) is 0 Å². The highest BCUT2D eigenvalue weighted by atomic mass is 32.2. The van der Waals surface area contributed by atoms with E-state index >= 15 is 0 Å². The van der Waals surface area contributed by atoms with Gasteiger partial charge < -0.3 is 5.32 Å². The first-order chi connectivity index (χ1) is 5.87. The molecule has 1 amide bonds. The van der Waals surface area contributed by atoms with Crippen LogP contribution in [-0.4, -0.2) is 31.7 Å². The van der Waals surface area contributed by atoms with Crippen molar-refractivity contribution in [2.45, 2.75) is 26.7 Å². The Labute approximate surface area is 79.3 Å². The molecule has 0 aliphatic carbocycles. The SMILES string of the molecule is CCC(=O)NC.CCCS(=O)(=O)O. The van der Waals surface area contributed by atoms with E-state index in [9.17, 15) is 13.2 Å². The Bertz CT molecular complexity index is 217. The van der Waals surface area contributed by atoms with Gasteiger partial charge in [0.05, 0.1) is 5.75 Å². The molecule has 80 valence electrons. The predicted molar refractivity (Wildman–Crippen MR) is 51.1 cm³/mol. The lowest BCUT2D eigenvalue weighted by Crippen LogP contribution is -2.15. The Hall–Kier alpha value is -0.620. The average Bonchev–Trinajstić information content (AvgIpc) is 2.02. The third kappa shape index (κ3) is 18.4. The Balaban J connectivity index is 0. The van der Waals surface area contributed by atoms with Crippen LogP contribution < -0.4 is 5.32 Å². The van der Waals surface area contributed by atoms with Crippen LogP contribution in [0.25, 0.3) is 0 Å².